The van der Waals surface area contributed by atoms with Crippen LogP contribution in [0.4, 0.5) is 4.39 Å². The zero-order chi connectivity index (χ0) is 14.5. The van der Waals surface area contributed by atoms with Gasteiger partial charge in [0.2, 0.25) is 0 Å². The van der Waals surface area contributed by atoms with Crippen LogP contribution in [-0.2, 0) is 6.42 Å². The van der Waals surface area contributed by atoms with Crippen molar-refractivity contribution in [3.05, 3.63) is 64.1 Å². The Morgan fingerprint density at radius 2 is 2.05 bits per heavy atom. The maximum Gasteiger partial charge on any atom is 0.254 e. The van der Waals surface area contributed by atoms with E-state index in [1.165, 1.54) is 12.1 Å². The van der Waals surface area contributed by atoms with Crippen molar-refractivity contribution in [1.82, 2.24) is 10.3 Å². The molecule has 5 heteroatoms. The van der Waals surface area contributed by atoms with Gasteiger partial charge in [0.25, 0.3) is 5.91 Å². The molecule has 0 fully saturated rings. The van der Waals surface area contributed by atoms with Gasteiger partial charge in [-0.3, -0.25) is 4.79 Å². The van der Waals surface area contributed by atoms with Crippen molar-refractivity contribution in [1.29, 1.82) is 0 Å². The van der Waals surface area contributed by atoms with Crippen LogP contribution in [0.25, 0.3) is 0 Å². The van der Waals surface area contributed by atoms with Gasteiger partial charge in [0.15, 0.2) is 0 Å². The number of nitrogens with zero attached hydrogens (tertiary/aromatic N) is 1. The van der Waals surface area contributed by atoms with E-state index in [9.17, 15) is 9.18 Å². The lowest BCUT2D eigenvalue weighted by Gasteiger charge is -2.14. The molecule has 1 amide bonds. The van der Waals surface area contributed by atoms with Crippen LogP contribution >= 0.6 is 15.9 Å². The summed E-state index contributed by atoms with van der Waals surface area (Å²) in [7, 11) is 0. The molecule has 3 nitrogen and oxygen atoms in total. The van der Waals surface area contributed by atoms with Crippen LogP contribution in [0.2, 0.25) is 0 Å². The van der Waals surface area contributed by atoms with E-state index in [-0.39, 0.29) is 17.8 Å². The second-order valence-electron chi connectivity index (χ2n) is 4.55. The number of amides is 1. The van der Waals surface area contributed by atoms with Crippen LogP contribution in [0.1, 0.15) is 22.8 Å². The van der Waals surface area contributed by atoms with Gasteiger partial charge in [-0.15, -0.1) is 0 Å². The standard InChI is InChI=1S/C15H14BrFN2O/c1-10(9-11-4-6-12(17)7-5-11)19-15(20)13-3-2-8-18-14(13)16/h2-8,10H,9H2,1H3,(H,19,20). The number of nitrogens with one attached hydrogen (secondary N) is 1. The predicted molar refractivity (Wildman–Crippen MR) is 79.0 cm³/mol. The van der Waals surface area contributed by atoms with Gasteiger partial charge in [-0.05, 0) is 59.1 Å². The van der Waals surface area contributed by atoms with Crippen molar-refractivity contribution in [3.63, 3.8) is 0 Å². The second kappa shape index (κ2) is 6.61. The summed E-state index contributed by atoms with van der Waals surface area (Å²) >= 11 is 3.25. The van der Waals surface area contributed by atoms with Crippen molar-refractivity contribution < 1.29 is 9.18 Å². The van der Waals surface area contributed by atoms with E-state index < -0.39 is 0 Å². The van der Waals surface area contributed by atoms with Crippen molar-refractivity contribution in [2.45, 2.75) is 19.4 Å². The Bertz CT molecular complexity index is 601. The SMILES string of the molecule is CC(Cc1ccc(F)cc1)NC(=O)c1cccnc1Br. The molecule has 2 aromatic rings. The molecule has 0 bridgehead atoms. The highest BCUT2D eigenvalue weighted by atomic mass is 79.9. The van der Waals surface area contributed by atoms with Crippen LogP contribution in [0, 0.1) is 5.82 Å². The Balaban J connectivity index is 1.98. The predicted octanol–water partition coefficient (Wildman–Crippen LogP) is 3.34. The third kappa shape index (κ3) is 3.87. The van der Waals surface area contributed by atoms with Crippen LogP contribution in [0.15, 0.2) is 47.2 Å². The lowest BCUT2D eigenvalue weighted by Crippen LogP contribution is -2.34. The summed E-state index contributed by atoms with van der Waals surface area (Å²) in [6, 6.07) is 9.64. The summed E-state index contributed by atoms with van der Waals surface area (Å²) in [6.45, 7) is 1.91. The van der Waals surface area contributed by atoms with Crippen molar-refractivity contribution in [3.8, 4) is 0 Å². The van der Waals surface area contributed by atoms with Crippen molar-refractivity contribution in [2.75, 3.05) is 0 Å². The molecule has 1 N–H and O–H groups in total. The van der Waals surface area contributed by atoms with E-state index in [0.717, 1.165) is 5.56 Å². The summed E-state index contributed by atoms with van der Waals surface area (Å²) in [4.78, 5) is 16.1. The number of carbonyl (C=O) groups is 1. The lowest BCUT2D eigenvalue weighted by molar-refractivity contribution is 0.0939. The number of pyridine rings is 1. The lowest BCUT2D eigenvalue weighted by atomic mass is 10.1. The molecule has 1 heterocycles. The summed E-state index contributed by atoms with van der Waals surface area (Å²) in [5, 5.41) is 2.90. The van der Waals surface area contributed by atoms with Gasteiger partial charge in [0.05, 0.1) is 5.56 Å². The zero-order valence-electron chi connectivity index (χ0n) is 10.9. The molecule has 1 unspecified atom stereocenters. The fourth-order valence-corrected chi connectivity index (χ4v) is 2.31. The topological polar surface area (TPSA) is 42.0 Å². The van der Waals surface area contributed by atoms with E-state index in [1.807, 2.05) is 6.92 Å². The summed E-state index contributed by atoms with van der Waals surface area (Å²) in [5.41, 5.74) is 1.47. The Morgan fingerprint density at radius 3 is 2.70 bits per heavy atom. The third-order valence-electron chi connectivity index (χ3n) is 2.84. The van der Waals surface area contributed by atoms with Crippen LogP contribution in [-0.4, -0.2) is 16.9 Å². The highest BCUT2D eigenvalue weighted by Crippen LogP contribution is 2.13. The Labute approximate surface area is 125 Å². The van der Waals surface area contributed by atoms with E-state index >= 15 is 0 Å². The Kier molecular flexibility index (Phi) is 4.84. The first-order chi connectivity index (χ1) is 9.56. The first kappa shape index (κ1) is 14.7. The number of hydrogen-bond donors (Lipinski definition) is 1. The molecule has 0 saturated heterocycles. The first-order valence-corrected chi connectivity index (χ1v) is 7.01. The summed E-state index contributed by atoms with van der Waals surface area (Å²) in [6.07, 6.45) is 2.26. The van der Waals surface area contributed by atoms with E-state index in [2.05, 4.69) is 26.2 Å². The molecule has 0 radical (unpaired) electrons. The molecule has 0 aliphatic carbocycles. The average Bonchev–Trinajstić information content (AvgIpc) is 2.41. The number of hydrogen-bond acceptors (Lipinski definition) is 2. The number of halogens is 2. The zero-order valence-corrected chi connectivity index (χ0v) is 12.5. The molecule has 1 aromatic heterocycles. The minimum atomic E-state index is -0.260. The van der Waals surface area contributed by atoms with Crippen molar-refractivity contribution >= 4 is 21.8 Å². The molecule has 1 aromatic carbocycles. The van der Waals surface area contributed by atoms with Gasteiger partial charge in [-0.2, -0.15) is 0 Å². The molecular formula is C15H14BrFN2O. The van der Waals surface area contributed by atoms with Crippen LogP contribution < -0.4 is 5.32 Å². The molecule has 2 rings (SSSR count). The maximum atomic E-state index is 12.8. The van der Waals surface area contributed by atoms with Gasteiger partial charge < -0.3 is 5.32 Å². The van der Waals surface area contributed by atoms with Crippen molar-refractivity contribution in [2.24, 2.45) is 0 Å². The fourth-order valence-electron chi connectivity index (χ4n) is 1.88. The average molecular weight is 337 g/mol. The quantitative estimate of drug-likeness (QED) is 0.870. The van der Waals surface area contributed by atoms with Crippen LogP contribution in [0.3, 0.4) is 0 Å². The highest BCUT2D eigenvalue weighted by molar-refractivity contribution is 9.10. The van der Waals surface area contributed by atoms with Gasteiger partial charge in [-0.1, -0.05) is 12.1 Å². The molecule has 0 spiro atoms. The first-order valence-electron chi connectivity index (χ1n) is 6.22. The van der Waals surface area contributed by atoms with E-state index in [0.29, 0.717) is 16.6 Å². The number of aromatic nitrogens is 1. The maximum absolute atomic E-state index is 12.8. The number of carbonyl (C=O) groups excluding carboxylic acids is 1. The molecule has 0 aliphatic heterocycles. The highest BCUT2D eigenvalue weighted by Gasteiger charge is 2.13. The Morgan fingerprint density at radius 1 is 1.35 bits per heavy atom. The van der Waals surface area contributed by atoms with E-state index in [1.54, 1.807) is 30.5 Å². The number of rotatable bonds is 4. The Hall–Kier alpha value is -1.75. The van der Waals surface area contributed by atoms with E-state index in [4.69, 9.17) is 0 Å². The van der Waals surface area contributed by atoms with Crippen LogP contribution in [0.5, 0.6) is 0 Å². The molecular weight excluding hydrogens is 323 g/mol. The molecule has 20 heavy (non-hydrogen) atoms. The van der Waals surface area contributed by atoms with Gasteiger partial charge in [0.1, 0.15) is 10.4 Å². The van der Waals surface area contributed by atoms with Gasteiger partial charge >= 0.3 is 0 Å². The minimum absolute atomic E-state index is 0.0555. The largest absolute Gasteiger partial charge is 0.349 e. The summed E-state index contributed by atoms with van der Waals surface area (Å²) < 4.78 is 13.3. The summed E-state index contributed by atoms with van der Waals surface area (Å²) in [5.74, 6) is -0.440. The normalized spacial score (nSPS) is 11.9. The van der Waals surface area contributed by atoms with Gasteiger partial charge in [0, 0.05) is 12.2 Å². The molecule has 0 saturated carbocycles. The van der Waals surface area contributed by atoms with Gasteiger partial charge in [-0.25, -0.2) is 9.37 Å². The monoisotopic (exact) mass is 336 g/mol. The minimum Gasteiger partial charge on any atom is -0.349 e. The second-order valence-corrected chi connectivity index (χ2v) is 5.30. The molecule has 0 aliphatic rings. The smallest absolute Gasteiger partial charge is 0.254 e. The molecule has 1 atom stereocenters. The fraction of sp³-hybridized carbons (Fsp3) is 0.200. The third-order valence-corrected chi connectivity index (χ3v) is 3.47. The number of benzene rings is 1. The molecule has 104 valence electrons.